The molecular weight excluding hydrogens is 604 g/mol. The summed E-state index contributed by atoms with van der Waals surface area (Å²) in [6.45, 7) is 1.24. The highest BCUT2D eigenvalue weighted by atomic mass is 19.4. The number of aryl methyl sites for hydroxylation is 1. The highest BCUT2D eigenvalue weighted by molar-refractivity contribution is 6.06. The maximum atomic E-state index is 14.4. The van der Waals surface area contributed by atoms with Gasteiger partial charge < -0.3 is 25.2 Å². The fraction of sp³-hybridized carbons (Fsp3) is 0.367. The number of benzene rings is 3. The average Bonchev–Trinajstić information content (AvgIpc) is 3.77. The first-order chi connectivity index (χ1) is 20.5. The van der Waals surface area contributed by atoms with Crippen LogP contribution in [0.2, 0.25) is 0 Å². The topological polar surface area (TPSA) is 79.8 Å². The first kappa shape index (κ1) is 33.0. The summed E-state index contributed by atoms with van der Waals surface area (Å²) in [4.78, 5) is 13.3. The van der Waals surface area contributed by atoms with Crippen molar-refractivity contribution in [2.24, 2.45) is 0 Å². The number of nitrogens with one attached hydrogen (secondary N) is 2. The largest absolute Gasteiger partial charge is 0.488 e. The minimum atomic E-state index is -4.79. The van der Waals surface area contributed by atoms with Crippen molar-refractivity contribution in [1.29, 1.82) is 0 Å². The molecule has 0 aromatic heterocycles. The van der Waals surface area contributed by atoms with Gasteiger partial charge in [-0.25, -0.2) is 8.78 Å². The number of rotatable bonds is 11. The van der Waals surface area contributed by atoms with E-state index in [0.29, 0.717) is 24.5 Å². The molecule has 0 aliphatic heterocycles. The van der Waals surface area contributed by atoms with Crippen LogP contribution < -0.4 is 20.1 Å². The molecule has 1 fully saturated rings. The summed E-state index contributed by atoms with van der Waals surface area (Å²) < 4.78 is 119. The van der Waals surface area contributed by atoms with Crippen LogP contribution in [0.3, 0.4) is 0 Å². The van der Waals surface area contributed by atoms with Crippen molar-refractivity contribution in [3.8, 4) is 17.2 Å². The number of amides is 1. The Bertz CT molecular complexity index is 1510. The molecule has 1 aliphatic carbocycles. The fourth-order valence-electron chi connectivity index (χ4n) is 4.24. The molecule has 0 radical (unpaired) electrons. The summed E-state index contributed by atoms with van der Waals surface area (Å²) in [7, 11) is 0. The predicted molar refractivity (Wildman–Crippen MR) is 144 cm³/mol. The van der Waals surface area contributed by atoms with E-state index in [2.05, 4.69) is 10.6 Å². The first-order valence-corrected chi connectivity index (χ1v) is 13.4. The molecule has 4 rings (SSSR count). The molecule has 0 heterocycles. The van der Waals surface area contributed by atoms with Crippen molar-refractivity contribution in [1.82, 2.24) is 5.32 Å². The minimum absolute atomic E-state index is 0.0426. The summed E-state index contributed by atoms with van der Waals surface area (Å²) in [6, 6.07) is 6.43. The molecule has 14 heteroatoms. The molecule has 0 saturated heterocycles. The van der Waals surface area contributed by atoms with Gasteiger partial charge in [0.15, 0.2) is 11.6 Å². The molecule has 3 N–H and O–H groups in total. The number of anilines is 1. The molecule has 3 aromatic carbocycles. The van der Waals surface area contributed by atoms with Gasteiger partial charge in [-0.15, -0.1) is 0 Å². The number of alkyl halides is 6. The molecule has 0 spiro atoms. The summed E-state index contributed by atoms with van der Waals surface area (Å²) in [6.07, 6.45) is -9.75. The summed E-state index contributed by atoms with van der Waals surface area (Å²) in [5.74, 6) is -3.51. The van der Waals surface area contributed by atoms with Crippen LogP contribution in [0.25, 0.3) is 0 Å². The number of ether oxygens (including phenoxy) is 2. The Morgan fingerprint density at radius 3 is 2.30 bits per heavy atom. The fourth-order valence-corrected chi connectivity index (χ4v) is 4.24. The third-order valence-electron chi connectivity index (χ3n) is 6.85. The van der Waals surface area contributed by atoms with Gasteiger partial charge in [-0.1, -0.05) is 0 Å². The van der Waals surface area contributed by atoms with E-state index in [0.717, 1.165) is 43.3 Å². The van der Waals surface area contributed by atoms with Crippen LogP contribution in [0, 0.1) is 18.6 Å². The van der Waals surface area contributed by atoms with E-state index in [-0.39, 0.29) is 28.7 Å². The molecule has 1 saturated carbocycles. The van der Waals surface area contributed by atoms with Crippen molar-refractivity contribution in [2.45, 2.75) is 57.1 Å². The molecule has 238 valence electrons. The van der Waals surface area contributed by atoms with Crippen LogP contribution >= 0.6 is 0 Å². The van der Waals surface area contributed by atoms with Gasteiger partial charge in [0.2, 0.25) is 0 Å². The van der Waals surface area contributed by atoms with E-state index in [1.165, 1.54) is 13.0 Å². The van der Waals surface area contributed by atoms with Crippen molar-refractivity contribution < 1.29 is 54.5 Å². The Hall–Kier alpha value is -3.91. The molecule has 3 aromatic rings. The molecule has 1 amide bonds. The SMILES string of the molecule is Cc1cc(F)ccc1Oc1cc(C2CC2)c(C(F)(F)F)cc1C(=O)Nc1ccc(F)c(OCC(O)CNC(C)C(F)(F)F)c1. The van der Waals surface area contributed by atoms with E-state index in [1.54, 1.807) is 0 Å². The molecular formula is C30H28F8N2O4. The summed E-state index contributed by atoms with van der Waals surface area (Å²) in [5.41, 5.74) is -1.33. The van der Waals surface area contributed by atoms with Crippen molar-refractivity contribution in [2.75, 3.05) is 18.5 Å². The monoisotopic (exact) mass is 632 g/mol. The van der Waals surface area contributed by atoms with Crippen molar-refractivity contribution >= 4 is 11.6 Å². The van der Waals surface area contributed by atoms with E-state index in [9.17, 15) is 45.0 Å². The maximum Gasteiger partial charge on any atom is 0.416 e. The zero-order valence-corrected chi connectivity index (χ0v) is 23.4. The number of halogens is 8. The van der Waals surface area contributed by atoms with Crippen molar-refractivity contribution in [3.63, 3.8) is 0 Å². The Labute approximate surface area is 247 Å². The average molecular weight is 633 g/mol. The maximum absolute atomic E-state index is 14.4. The third-order valence-corrected chi connectivity index (χ3v) is 6.85. The molecule has 0 bridgehead atoms. The third kappa shape index (κ3) is 8.38. The van der Waals surface area contributed by atoms with Gasteiger partial charge in [-0.05, 0) is 86.2 Å². The first-order valence-electron chi connectivity index (χ1n) is 13.4. The molecule has 44 heavy (non-hydrogen) atoms. The van der Waals surface area contributed by atoms with Crippen LogP contribution in [0.4, 0.5) is 40.8 Å². The van der Waals surface area contributed by atoms with Crippen LogP contribution in [-0.2, 0) is 6.18 Å². The number of hydrogen-bond donors (Lipinski definition) is 3. The second-order valence-electron chi connectivity index (χ2n) is 10.5. The predicted octanol–water partition coefficient (Wildman–Crippen LogP) is 7.49. The zero-order chi connectivity index (χ0) is 32.4. The number of carbonyl (C=O) groups excluding carboxylic acids is 1. The van der Waals surface area contributed by atoms with Crippen LogP contribution in [0.5, 0.6) is 17.2 Å². The molecule has 2 unspecified atom stereocenters. The highest BCUT2D eigenvalue weighted by Crippen LogP contribution is 2.48. The normalized spacial score (nSPS) is 15.1. The van der Waals surface area contributed by atoms with E-state index in [4.69, 9.17) is 9.47 Å². The van der Waals surface area contributed by atoms with Gasteiger partial charge >= 0.3 is 12.4 Å². The molecule has 2 atom stereocenters. The quantitative estimate of drug-likeness (QED) is 0.191. The minimum Gasteiger partial charge on any atom is -0.488 e. The Morgan fingerprint density at radius 2 is 1.68 bits per heavy atom. The zero-order valence-electron chi connectivity index (χ0n) is 23.4. The lowest BCUT2D eigenvalue weighted by Gasteiger charge is -2.20. The van der Waals surface area contributed by atoms with Gasteiger partial charge in [-0.3, -0.25) is 4.79 Å². The van der Waals surface area contributed by atoms with Gasteiger partial charge in [0.1, 0.15) is 36.1 Å². The van der Waals surface area contributed by atoms with Gasteiger partial charge in [0.05, 0.1) is 11.1 Å². The molecule has 6 nitrogen and oxygen atoms in total. The second-order valence-corrected chi connectivity index (χ2v) is 10.5. The Morgan fingerprint density at radius 1 is 0.977 bits per heavy atom. The van der Waals surface area contributed by atoms with E-state index >= 15 is 0 Å². The van der Waals surface area contributed by atoms with Crippen LogP contribution in [0.1, 0.15) is 52.7 Å². The lowest BCUT2D eigenvalue weighted by atomic mass is 9.98. The number of aliphatic hydroxyl groups excluding tert-OH is 1. The lowest BCUT2D eigenvalue weighted by Crippen LogP contribution is -2.44. The van der Waals surface area contributed by atoms with Gasteiger partial charge in [0.25, 0.3) is 5.91 Å². The summed E-state index contributed by atoms with van der Waals surface area (Å²) in [5, 5.41) is 14.4. The smallest absolute Gasteiger partial charge is 0.416 e. The highest BCUT2D eigenvalue weighted by Gasteiger charge is 2.40. The second kappa shape index (κ2) is 13.0. The Balaban J connectivity index is 1.57. The van der Waals surface area contributed by atoms with Gasteiger partial charge in [-0.2, -0.15) is 26.3 Å². The van der Waals surface area contributed by atoms with Crippen LogP contribution in [-0.4, -0.2) is 42.5 Å². The lowest BCUT2D eigenvalue weighted by molar-refractivity contribution is -0.152. The summed E-state index contributed by atoms with van der Waals surface area (Å²) >= 11 is 0. The van der Waals surface area contributed by atoms with Gasteiger partial charge in [0, 0.05) is 18.3 Å². The van der Waals surface area contributed by atoms with E-state index < -0.39 is 72.1 Å². The number of hydrogen-bond acceptors (Lipinski definition) is 5. The number of carbonyl (C=O) groups is 1. The standard InChI is InChI=1S/C30H28F8N2O4/c1-15-9-18(31)5-8-25(15)44-26-12-21(17-3-4-17)23(30(36,37)38)11-22(26)28(42)40-19-6-7-24(32)27(10-19)43-14-20(41)13-39-16(2)29(33,34)35/h5-12,16-17,20,39,41H,3-4,13-14H2,1-2H3,(H,40,42). The van der Waals surface area contributed by atoms with Crippen molar-refractivity contribution in [3.05, 3.63) is 82.4 Å². The van der Waals surface area contributed by atoms with Crippen LogP contribution in [0.15, 0.2) is 48.5 Å². The molecule has 1 aliphatic rings. The number of aliphatic hydroxyl groups is 1. The van der Waals surface area contributed by atoms with E-state index in [1.807, 2.05) is 0 Å². The Kier molecular flexibility index (Phi) is 9.74.